The number of hydrogen-bond donors (Lipinski definition) is 1. The summed E-state index contributed by atoms with van der Waals surface area (Å²) >= 11 is 0. The first-order chi connectivity index (χ1) is 8.58. The van der Waals surface area contributed by atoms with Crippen LogP contribution in [0.3, 0.4) is 0 Å². The Morgan fingerprint density at radius 2 is 2.28 bits per heavy atom. The van der Waals surface area contributed by atoms with Gasteiger partial charge in [0.2, 0.25) is 0 Å². The number of piperazine rings is 1. The van der Waals surface area contributed by atoms with Crippen molar-refractivity contribution in [2.45, 2.75) is 19.4 Å². The Kier molecular flexibility index (Phi) is 3.91. The topological polar surface area (TPSA) is 32.3 Å². The lowest BCUT2D eigenvalue weighted by Crippen LogP contribution is -2.51. The number of carbonyl (C=O) groups is 1. The third-order valence-corrected chi connectivity index (χ3v) is 3.04. The maximum atomic E-state index is 12.6. The van der Waals surface area contributed by atoms with Gasteiger partial charge in [0.1, 0.15) is 0 Å². The zero-order valence-electron chi connectivity index (χ0n) is 10.2. The van der Waals surface area contributed by atoms with Gasteiger partial charge in [0, 0.05) is 36.8 Å². The minimum atomic E-state index is -2.54. The van der Waals surface area contributed by atoms with Crippen LogP contribution in [-0.2, 0) is 0 Å². The van der Waals surface area contributed by atoms with Gasteiger partial charge >= 0.3 is 0 Å². The van der Waals surface area contributed by atoms with Gasteiger partial charge in [-0.1, -0.05) is 12.1 Å². The summed E-state index contributed by atoms with van der Waals surface area (Å²) in [6.07, 6.45) is -2.54. The van der Waals surface area contributed by atoms with Crippen molar-refractivity contribution in [1.82, 2.24) is 10.2 Å². The van der Waals surface area contributed by atoms with E-state index in [1.54, 1.807) is 11.0 Å². The van der Waals surface area contributed by atoms with Gasteiger partial charge in [0.15, 0.2) is 0 Å². The predicted molar refractivity (Wildman–Crippen MR) is 64.8 cm³/mol. The van der Waals surface area contributed by atoms with Crippen LogP contribution < -0.4 is 5.32 Å². The molecule has 5 heteroatoms. The van der Waals surface area contributed by atoms with E-state index in [1.807, 2.05) is 6.92 Å². The van der Waals surface area contributed by atoms with E-state index in [0.717, 1.165) is 6.54 Å². The van der Waals surface area contributed by atoms with Crippen LogP contribution in [0.15, 0.2) is 24.3 Å². The van der Waals surface area contributed by atoms with E-state index in [9.17, 15) is 13.6 Å². The molecule has 1 aliphatic rings. The molecular weight excluding hydrogens is 238 g/mol. The van der Waals surface area contributed by atoms with Gasteiger partial charge in [-0.15, -0.1) is 0 Å². The molecule has 0 spiro atoms. The number of hydrogen-bond acceptors (Lipinski definition) is 2. The number of halogens is 2. The highest BCUT2D eigenvalue weighted by Crippen LogP contribution is 2.20. The maximum absolute atomic E-state index is 12.6. The molecule has 3 nitrogen and oxygen atoms in total. The van der Waals surface area contributed by atoms with Crippen LogP contribution in [-0.4, -0.2) is 36.5 Å². The number of alkyl halides is 2. The molecule has 1 aromatic rings. The van der Waals surface area contributed by atoms with Gasteiger partial charge in [-0.25, -0.2) is 8.78 Å². The van der Waals surface area contributed by atoms with Gasteiger partial charge in [0.25, 0.3) is 12.3 Å². The number of carbonyl (C=O) groups excluding carboxylic acids is 1. The fraction of sp³-hybridized carbons (Fsp3) is 0.462. The van der Waals surface area contributed by atoms with E-state index >= 15 is 0 Å². The molecule has 18 heavy (non-hydrogen) atoms. The second-order valence-corrected chi connectivity index (χ2v) is 4.53. The Balaban J connectivity index is 2.15. The molecule has 1 N–H and O–H groups in total. The van der Waals surface area contributed by atoms with E-state index in [-0.39, 0.29) is 17.5 Å². The van der Waals surface area contributed by atoms with Crippen LogP contribution in [0, 0.1) is 0 Å². The van der Waals surface area contributed by atoms with Crippen molar-refractivity contribution in [3.8, 4) is 0 Å². The Labute approximate surface area is 105 Å². The van der Waals surface area contributed by atoms with Crippen molar-refractivity contribution >= 4 is 5.91 Å². The van der Waals surface area contributed by atoms with Crippen LogP contribution in [0.2, 0.25) is 0 Å². The fourth-order valence-corrected chi connectivity index (χ4v) is 2.11. The minimum absolute atomic E-state index is 0.107. The first-order valence-corrected chi connectivity index (χ1v) is 5.98. The van der Waals surface area contributed by atoms with Crippen molar-refractivity contribution in [3.63, 3.8) is 0 Å². The molecule has 0 aromatic heterocycles. The largest absolute Gasteiger partial charge is 0.336 e. The third-order valence-electron chi connectivity index (χ3n) is 3.04. The van der Waals surface area contributed by atoms with Crippen LogP contribution in [0.1, 0.15) is 29.3 Å². The highest BCUT2D eigenvalue weighted by molar-refractivity contribution is 5.94. The zero-order valence-corrected chi connectivity index (χ0v) is 10.2. The molecule has 1 fully saturated rings. The minimum Gasteiger partial charge on any atom is -0.336 e. The molecule has 1 amide bonds. The Morgan fingerprint density at radius 3 is 2.94 bits per heavy atom. The van der Waals surface area contributed by atoms with Gasteiger partial charge in [-0.3, -0.25) is 4.79 Å². The molecule has 1 aliphatic heterocycles. The van der Waals surface area contributed by atoms with E-state index < -0.39 is 6.43 Å². The van der Waals surface area contributed by atoms with E-state index in [0.29, 0.717) is 18.7 Å². The smallest absolute Gasteiger partial charge is 0.263 e. The molecule has 2 rings (SSSR count). The quantitative estimate of drug-likeness (QED) is 0.876. The first kappa shape index (κ1) is 13.0. The van der Waals surface area contributed by atoms with Crippen LogP contribution in [0.4, 0.5) is 8.78 Å². The van der Waals surface area contributed by atoms with Crippen LogP contribution in [0.25, 0.3) is 0 Å². The maximum Gasteiger partial charge on any atom is 0.263 e. The molecule has 1 saturated heterocycles. The van der Waals surface area contributed by atoms with E-state index in [1.165, 1.54) is 18.2 Å². The number of rotatable bonds is 2. The molecule has 1 heterocycles. The summed E-state index contributed by atoms with van der Waals surface area (Å²) in [7, 11) is 0. The lowest BCUT2D eigenvalue weighted by Gasteiger charge is -2.32. The summed E-state index contributed by atoms with van der Waals surface area (Å²) in [6.45, 7) is 3.95. The van der Waals surface area contributed by atoms with Crippen LogP contribution in [0.5, 0.6) is 0 Å². The average molecular weight is 254 g/mol. The number of benzene rings is 1. The number of nitrogens with one attached hydrogen (secondary N) is 1. The predicted octanol–water partition coefficient (Wildman–Crippen LogP) is 2.06. The van der Waals surface area contributed by atoms with Crippen LogP contribution >= 0.6 is 0 Å². The molecule has 1 aromatic carbocycles. The lowest BCUT2D eigenvalue weighted by atomic mass is 10.1. The third kappa shape index (κ3) is 2.85. The monoisotopic (exact) mass is 254 g/mol. The fourth-order valence-electron chi connectivity index (χ4n) is 2.11. The summed E-state index contributed by atoms with van der Waals surface area (Å²) in [5.74, 6) is -0.175. The highest BCUT2D eigenvalue weighted by atomic mass is 19.3. The molecule has 1 atom stereocenters. The molecule has 0 saturated carbocycles. The summed E-state index contributed by atoms with van der Waals surface area (Å²) in [5.41, 5.74) is 0.228. The Morgan fingerprint density at radius 1 is 1.50 bits per heavy atom. The molecule has 1 unspecified atom stereocenters. The summed E-state index contributed by atoms with van der Waals surface area (Å²) in [4.78, 5) is 13.9. The molecule has 0 aliphatic carbocycles. The van der Waals surface area contributed by atoms with E-state index in [4.69, 9.17) is 0 Å². The molecule has 0 radical (unpaired) electrons. The van der Waals surface area contributed by atoms with Gasteiger partial charge in [0.05, 0.1) is 0 Å². The number of nitrogens with zero attached hydrogens (tertiary/aromatic N) is 1. The standard InChI is InChI=1S/C13H16F2N2O/c1-9-8-17(6-5-16-9)13(18)11-4-2-3-10(7-11)12(14)15/h2-4,7,9,12,16H,5-6,8H2,1H3. The van der Waals surface area contributed by atoms with E-state index in [2.05, 4.69) is 5.32 Å². The highest BCUT2D eigenvalue weighted by Gasteiger charge is 2.22. The summed E-state index contributed by atoms with van der Waals surface area (Å²) in [6, 6.07) is 5.93. The normalized spacial score (nSPS) is 20.2. The molecule has 98 valence electrons. The van der Waals surface area contributed by atoms with Gasteiger partial charge < -0.3 is 10.2 Å². The van der Waals surface area contributed by atoms with Crippen molar-refractivity contribution in [1.29, 1.82) is 0 Å². The summed E-state index contributed by atoms with van der Waals surface area (Å²) < 4.78 is 25.2. The Hall–Kier alpha value is -1.49. The SMILES string of the molecule is CC1CN(C(=O)c2cccc(C(F)F)c2)CCN1. The van der Waals surface area contributed by atoms with Crippen molar-refractivity contribution in [2.24, 2.45) is 0 Å². The second-order valence-electron chi connectivity index (χ2n) is 4.53. The lowest BCUT2D eigenvalue weighted by molar-refractivity contribution is 0.0708. The first-order valence-electron chi connectivity index (χ1n) is 5.98. The summed E-state index contributed by atoms with van der Waals surface area (Å²) in [5, 5.41) is 3.23. The second kappa shape index (κ2) is 5.44. The van der Waals surface area contributed by atoms with Crippen molar-refractivity contribution in [2.75, 3.05) is 19.6 Å². The Bertz CT molecular complexity index is 437. The average Bonchev–Trinajstić information content (AvgIpc) is 2.38. The van der Waals surface area contributed by atoms with Crippen molar-refractivity contribution in [3.05, 3.63) is 35.4 Å². The van der Waals surface area contributed by atoms with Gasteiger partial charge in [-0.05, 0) is 19.1 Å². The van der Waals surface area contributed by atoms with Gasteiger partial charge in [-0.2, -0.15) is 0 Å². The number of amides is 1. The molecule has 0 bridgehead atoms. The zero-order chi connectivity index (χ0) is 13.1. The molecular formula is C13H16F2N2O. The van der Waals surface area contributed by atoms with Crippen molar-refractivity contribution < 1.29 is 13.6 Å².